The van der Waals surface area contributed by atoms with Gasteiger partial charge in [-0.2, -0.15) is 0 Å². The van der Waals surface area contributed by atoms with Gasteiger partial charge in [0.2, 0.25) is 11.8 Å². The van der Waals surface area contributed by atoms with Gasteiger partial charge in [-0.1, -0.05) is 12.8 Å². The number of imide groups is 2. The lowest BCUT2D eigenvalue weighted by Gasteiger charge is -2.40. The van der Waals surface area contributed by atoms with Gasteiger partial charge < -0.3 is 4.90 Å². The summed E-state index contributed by atoms with van der Waals surface area (Å²) in [5.74, 6) is -3.20. The van der Waals surface area contributed by atoms with Gasteiger partial charge >= 0.3 is 0 Å². The maximum Gasteiger partial charge on any atom is 0.262 e. The summed E-state index contributed by atoms with van der Waals surface area (Å²) in [5.41, 5.74) is 0.665. The Morgan fingerprint density at radius 3 is 2.32 bits per heavy atom. The number of hydrogen-bond acceptors (Lipinski definition) is 10. The van der Waals surface area contributed by atoms with Crippen molar-refractivity contribution in [3.63, 3.8) is 0 Å². The predicted molar refractivity (Wildman–Crippen MR) is 148 cm³/mol. The first-order valence-corrected chi connectivity index (χ1v) is 14.7. The van der Waals surface area contributed by atoms with Gasteiger partial charge in [0.05, 0.1) is 35.1 Å². The second-order valence-corrected chi connectivity index (χ2v) is 11.6. The van der Waals surface area contributed by atoms with Crippen LogP contribution in [0.2, 0.25) is 0 Å². The maximum absolute atomic E-state index is 15.5. The monoisotopic (exact) mass is 605 g/mol. The summed E-state index contributed by atoms with van der Waals surface area (Å²) in [4.78, 5) is 59.2. The van der Waals surface area contributed by atoms with Crippen LogP contribution in [-0.4, -0.2) is 90.8 Å². The number of rotatable bonds is 6. The average molecular weight is 606 g/mol. The highest BCUT2D eigenvalue weighted by Gasteiger charge is 2.45. The van der Waals surface area contributed by atoms with Gasteiger partial charge in [-0.3, -0.25) is 39.3 Å². The van der Waals surface area contributed by atoms with Crippen LogP contribution in [0.3, 0.4) is 0 Å². The van der Waals surface area contributed by atoms with Crippen molar-refractivity contribution in [2.24, 2.45) is 0 Å². The molecule has 0 bridgehead atoms. The number of benzene rings is 1. The zero-order valence-corrected chi connectivity index (χ0v) is 23.7. The quantitative estimate of drug-likeness (QED) is 0.413. The Labute approximate surface area is 250 Å². The number of piperidine rings is 1. The van der Waals surface area contributed by atoms with Crippen LogP contribution in [0.5, 0.6) is 0 Å². The van der Waals surface area contributed by atoms with E-state index in [1.165, 1.54) is 12.1 Å². The van der Waals surface area contributed by atoms with E-state index in [-0.39, 0.29) is 35.7 Å². The summed E-state index contributed by atoms with van der Waals surface area (Å²) in [6.45, 7) is 1.59. The van der Waals surface area contributed by atoms with Crippen molar-refractivity contribution >= 4 is 29.3 Å². The average Bonchev–Trinajstić information content (AvgIpc) is 3.75. The highest BCUT2D eigenvalue weighted by Crippen LogP contribution is 2.36. The fourth-order valence-corrected chi connectivity index (χ4v) is 6.83. The predicted octanol–water partition coefficient (Wildman–Crippen LogP) is 1.77. The molecule has 7 rings (SSSR count). The third-order valence-corrected chi connectivity index (χ3v) is 9.00. The zero-order chi connectivity index (χ0) is 30.5. The number of pyridine rings is 1. The molecular weight excluding hydrogens is 576 g/mol. The fourth-order valence-electron chi connectivity index (χ4n) is 6.83. The summed E-state index contributed by atoms with van der Waals surface area (Å²) in [7, 11) is 0. The van der Waals surface area contributed by atoms with E-state index in [0.29, 0.717) is 37.6 Å². The summed E-state index contributed by atoms with van der Waals surface area (Å²) < 4.78 is 31.7. The van der Waals surface area contributed by atoms with E-state index in [1.54, 1.807) is 11.1 Å². The number of halogens is 2. The normalized spacial score (nSPS) is 22.1. The summed E-state index contributed by atoms with van der Waals surface area (Å²) in [5, 5.41) is 14.8. The van der Waals surface area contributed by atoms with Crippen LogP contribution in [-0.2, 0) is 9.59 Å². The molecule has 3 fully saturated rings. The molecule has 2 aromatic heterocycles. The largest absolute Gasteiger partial charge is 0.367 e. The first kappa shape index (κ1) is 28.1. The SMILES string of the molecule is O=C1CCC(N2C(=O)c3cc(F)c(N4CCN(C(c5cncc(F)c5)c5nnnn5C5CCCC5)CC4)cc3C2=O)C(=O)N1. The number of fused-ring (bicyclic) bond motifs is 1. The highest BCUT2D eigenvalue weighted by molar-refractivity contribution is 6.23. The van der Waals surface area contributed by atoms with E-state index < -0.39 is 47.3 Å². The molecule has 5 heterocycles. The fraction of sp³-hybridized carbons (Fsp3) is 0.448. The number of hydrogen-bond donors (Lipinski definition) is 1. The van der Waals surface area contributed by atoms with Crippen molar-refractivity contribution in [1.82, 2.24) is 40.3 Å². The number of piperazine rings is 1. The van der Waals surface area contributed by atoms with Gasteiger partial charge in [-0.05, 0) is 53.5 Å². The Morgan fingerprint density at radius 2 is 1.61 bits per heavy atom. The summed E-state index contributed by atoms with van der Waals surface area (Å²) >= 11 is 0. The van der Waals surface area contributed by atoms with Gasteiger partial charge in [0, 0.05) is 38.8 Å². The lowest BCUT2D eigenvalue weighted by Crippen LogP contribution is -2.54. The van der Waals surface area contributed by atoms with Crippen LogP contribution in [0, 0.1) is 11.6 Å². The number of nitrogens with zero attached hydrogens (tertiary/aromatic N) is 8. The minimum Gasteiger partial charge on any atom is -0.367 e. The van der Waals surface area contributed by atoms with Gasteiger partial charge in [0.25, 0.3) is 11.8 Å². The molecule has 0 spiro atoms. The van der Waals surface area contributed by atoms with Crippen LogP contribution < -0.4 is 10.2 Å². The van der Waals surface area contributed by atoms with Gasteiger partial charge in [-0.25, -0.2) is 13.5 Å². The molecule has 3 aromatic rings. The standard InChI is InChI=1S/C29H29F2N9O4/c30-17-11-16(14-32-15-17)25(26-34-35-36-40(26)18-3-1-2-4-18)38-9-7-37(8-10-38)23-13-20-19(12-21(23)31)28(43)39(29(20)44)22-5-6-24(41)33-27(22)42/h11-15,18,22,25H,1-10H2,(H,33,41,42). The molecule has 1 saturated carbocycles. The minimum atomic E-state index is -1.13. The van der Waals surface area contributed by atoms with Crippen molar-refractivity contribution in [2.45, 2.75) is 56.7 Å². The Morgan fingerprint density at radius 1 is 0.886 bits per heavy atom. The van der Waals surface area contributed by atoms with Gasteiger partial charge in [0.1, 0.15) is 17.7 Å². The number of aromatic nitrogens is 5. The van der Waals surface area contributed by atoms with E-state index in [1.807, 2.05) is 4.68 Å². The highest BCUT2D eigenvalue weighted by atomic mass is 19.1. The van der Waals surface area contributed by atoms with Crippen molar-refractivity contribution in [2.75, 3.05) is 31.1 Å². The van der Waals surface area contributed by atoms with E-state index >= 15 is 4.39 Å². The molecule has 3 aliphatic heterocycles. The molecule has 4 amide bonds. The van der Waals surface area contributed by atoms with E-state index in [0.717, 1.165) is 42.8 Å². The molecule has 44 heavy (non-hydrogen) atoms. The van der Waals surface area contributed by atoms with Crippen LogP contribution in [0.25, 0.3) is 0 Å². The van der Waals surface area contributed by atoms with Crippen molar-refractivity contribution < 1.29 is 28.0 Å². The second-order valence-electron chi connectivity index (χ2n) is 11.6. The van der Waals surface area contributed by atoms with Crippen molar-refractivity contribution in [3.05, 3.63) is 64.7 Å². The molecule has 228 valence electrons. The number of nitrogens with one attached hydrogen (secondary N) is 1. The third kappa shape index (κ3) is 4.80. The molecular formula is C29H29F2N9O4. The molecule has 13 nitrogen and oxygen atoms in total. The topological polar surface area (TPSA) is 147 Å². The van der Waals surface area contributed by atoms with Crippen molar-refractivity contribution in [1.29, 1.82) is 0 Å². The smallest absolute Gasteiger partial charge is 0.262 e. The molecule has 4 aliphatic rings. The summed E-state index contributed by atoms with van der Waals surface area (Å²) in [6, 6.07) is 2.37. The van der Waals surface area contributed by atoms with Gasteiger partial charge in [0.15, 0.2) is 5.82 Å². The molecule has 2 saturated heterocycles. The van der Waals surface area contributed by atoms with E-state index in [9.17, 15) is 23.6 Å². The molecule has 2 atom stereocenters. The lowest BCUT2D eigenvalue weighted by molar-refractivity contribution is -0.136. The number of amides is 4. The molecule has 1 aromatic carbocycles. The Kier molecular flexibility index (Phi) is 7.11. The van der Waals surface area contributed by atoms with Crippen LogP contribution in [0.1, 0.15) is 82.7 Å². The molecule has 2 unspecified atom stereocenters. The Hall–Kier alpha value is -4.66. The van der Waals surface area contributed by atoms with Crippen LogP contribution in [0.15, 0.2) is 30.6 Å². The number of carbonyl (C=O) groups is 4. The lowest BCUT2D eigenvalue weighted by atomic mass is 10.0. The number of anilines is 1. The molecule has 0 radical (unpaired) electrons. The minimum absolute atomic E-state index is 0.00654. The van der Waals surface area contributed by atoms with Crippen molar-refractivity contribution in [3.8, 4) is 0 Å². The first-order valence-electron chi connectivity index (χ1n) is 14.7. The zero-order valence-electron chi connectivity index (χ0n) is 23.7. The third-order valence-electron chi connectivity index (χ3n) is 9.00. The van der Waals surface area contributed by atoms with Gasteiger partial charge in [-0.15, -0.1) is 5.10 Å². The van der Waals surface area contributed by atoms with E-state index in [2.05, 4.69) is 30.7 Å². The van der Waals surface area contributed by atoms with Crippen LogP contribution >= 0.6 is 0 Å². The number of tetrazole rings is 1. The Bertz CT molecular complexity index is 1670. The first-order chi connectivity index (χ1) is 21.3. The van der Waals surface area contributed by atoms with Crippen LogP contribution in [0.4, 0.5) is 14.5 Å². The molecule has 1 N–H and O–H groups in total. The summed E-state index contributed by atoms with van der Waals surface area (Å²) in [6.07, 6.45) is 6.83. The van der Waals surface area contributed by atoms with E-state index in [4.69, 9.17) is 0 Å². The maximum atomic E-state index is 15.5. The molecule has 15 heteroatoms. The number of carbonyl (C=O) groups excluding carboxylic acids is 4. The Balaban J connectivity index is 1.13. The molecule has 1 aliphatic carbocycles. The second kappa shape index (κ2) is 11.1.